The minimum atomic E-state index is -0.905. The predicted molar refractivity (Wildman–Crippen MR) is 226 cm³/mol. The summed E-state index contributed by atoms with van der Waals surface area (Å²) in [6.07, 6.45) is 11.5. The van der Waals surface area contributed by atoms with Crippen LogP contribution < -0.4 is 19.1 Å². The van der Waals surface area contributed by atoms with E-state index in [0.29, 0.717) is 0 Å². The molecule has 6 aromatic rings. The zero-order valence-corrected chi connectivity index (χ0v) is 31.8. The smallest absolute Gasteiger partial charge is 0.178 e. The van der Waals surface area contributed by atoms with E-state index in [1.54, 1.807) is 14.2 Å². The maximum atomic E-state index is 7.78. The Hall–Kier alpha value is -6.48. The monoisotopic (exact) mass is 741 g/mol. The van der Waals surface area contributed by atoms with E-state index in [1.807, 2.05) is 0 Å². The molecule has 4 atom stereocenters. The molecule has 1 spiro atoms. The molecule has 0 N–H and O–H groups in total. The van der Waals surface area contributed by atoms with Crippen molar-refractivity contribution in [2.75, 3.05) is 45.4 Å². The molecule has 6 aliphatic rings. The summed E-state index contributed by atoms with van der Waals surface area (Å²) in [5.41, 5.74) is 20.2. The van der Waals surface area contributed by atoms with Crippen LogP contribution in [0.25, 0.3) is 34.1 Å². The molecular weight excluding hydrogens is 703 g/mol. The van der Waals surface area contributed by atoms with Gasteiger partial charge in [0, 0.05) is 58.3 Å². The lowest BCUT2D eigenvalue weighted by atomic mass is 9.66. The summed E-state index contributed by atoms with van der Waals surface area (Å²) in [5.74, 6) is 2.80. The summed E-state index contributed by atoms with van der Waals surface area (Å²) in [7, 11) is 3.49. The highest BCUT2D eigenvalue weighted by Gasteiger charge is 2.60. The molecule has 6 aromatic carbocycles. The highest BCUT2D eigenvalue weighted by molar-refractivity contribution is 6.11. The zero-order chi connectivity index (χ0) is 37.9. The Balaban J connectivity index is 1.18. The van der Waals surface area contributed by atoms with Crippen LogP contribution >= 0.6 is 0 Å². The van der Waals surface area contributed by atoms with Crippen LogP contribution in [0.1, 0.15) is 50.4 Å². The minimum Gasteiger partial charge on any atom is -0.497 e. The average Bonchev–Trinajstić information content (AvgIpc) is 3.77. The van der Waals surface area contributed by atoms with Gasteiger partial charge in [0.25, 0.3) is 0 Å². The molecule has 57 heavy (non-hydrogen) atoms. The topological polar surface area (TPSA) is 40.2 Å². The van der Waals surface area contributed by atoms with Gasteiger partial charge in [-0.2, -0.15) is 0 Å². The molecular formula is C52H39NO4. The lowest BCUT2D eigenvalue weighted by Crippen LogP contribution is -2.37. The van der Waals surface area contributed by atoms with Crippen LogP contribution in [-0.4, -0.2) is 40.5 Å². The maximum Gasteiger partial charge on any atom is 0.178 e. The lowest BCUT2D eigenvalue weighted by Gasteiger charge is -2.40. The van der Waals surface area contributed by atoms with Gasteiger partial charge in [0.05, 0.1) is 32.8 Å². The van der Waals surface area contributed by atoms with Crippen LogP contribution in [-0.2, 0) is 15.8 Å². The first kappa shape index (κ1) is 32.7. The number of fused-ring (bicyclic) bond motifs is 12. The van der Waals surface area contributed by atoms with Crippen molar-refractivity contribution in [1.82, 2.24) is 0 Å². The van der Waals surface area contributed by atoms with Crippen molar-refractivity contribution in [2.24, 2.45) is 5.92 Å². The Morgan fingerprint density at radius 3 is 2.37 bits per heavy atom. The van der Waals surface area contributed by atoms with Gasteiger partial charge >= 0.3 is 0 Å². The number of hydrogen-bond acceptors (Lipinski definition) is 5. The molecule has 0 aromatic heterocycles. The third kappa shape index (κ3) is 4.29. The fourth-order valence-corrected chi connectivity index (χ4v) is 10.9. The highest BCUT2D eigenvalue weighted by atomic mass is 16.5. The Bertz CT molecular complexity index is 2870. The first-order chi connectivity index (χ1) is 28.1. The highest BCUT2D eigenvalue weighted by Crippen LogP contribution is 2.70. The number of benzene rings is 6. The summed E-state index contributed by atoms with van der Waals surface area (Å²) in [6, 6.07) is 39.5. The fourth-order valence-electron chi connectivity index (χ4n) is 10.9. The normalized spacial score (nSPS) is 23.8. The van der Waals surface area contributed by atoms with Gasteiger partial charge < -0.3 is 23.8 Å². The van der Waals surface area contributed by atoms with Crippen LogP contribution in [0, 0.1) is 5.92 Å². The van der Waals surface area contributed by atoms with E-state index in [1.165, 1.54) is 50.2 Å². The number of hydrogen-bond donors (Lipinski definition) is 0. The second kappa shape index (κ2) is 12.0. The van der Waals surface area contributed by atoms with E-state index in [0.717, 1.165) is 71.0 Å². The maximum absolute atomic E-state index is 7.78. The number of allylic oxidation sites excluding steroid dienone is 3. The van der Waals surface area contributed by atoms with E-state index in [2.05, 4.69) is 156 Å². The van der Waals surface area contributed by atoms with Crippen molar-refractivity contribution in [3.8, 4) is 28.4 Å². The van der Waals surface area contributed by atoms with E-state index < -0.39 is 11.0 Å². The molecule has 5 heteroatoms. The van der Waals surface area contributed by atoms with Gasteiger partial charge in [0.2, 0.25) is 0 Å². The van der Waals surface area contributed by atoms with Gasteiger partial charge in [-0.15, -0.1) is 0 Å². The largest absolute Gasteiger partial charge is 0.497 e. The van der Waals surface area contributed by atoms with Crippen LogP contribution in [0.2, 0.25) is 0 Å². The summed E-state index contributed by atoms with van der Waals surface area (Å²) in [4.78, 5) is 2.39. The van der Waals surface area contributed by atoms with Crippen molar-refractivity contribution in [3.05, 3.63) is 189 Å². The summed E-state index contributed by atoms with van der Waals surface area (Å²) >= 11 is 0. The summed E-state index contributed by atoms with van der Waals surface area (Å²) < 4.78 is 25.4. The molecule has 0 saturated carbocycles. The van der Waals surface area contributed by atoms with E-state index in [4.69, 9.17) is 18.9 Å². The molecule has 1 fully saturated rings. The summed E-state index contributed by atoms with van der Waals surface area (Å²) in [6.45, 7) is 3.24. The van der Waals surface area contributed by atoms with Crippen molar-refractivity contribution in [2.45, 2.75) is 16.9 Å². The number of anilines is 1. The van der Waals surface area contributed by atoms with Gasteiger partial charge in [0.15, 0.2) is 5.60 Å². The molecule has 2 aliphatic heterocycles. The molecule has 5 nitrogen and oxygen atoms in total. The van der Waals surface area contributed by atoms with Gasteiger partial charge in [-0.3, -0.25) is 0 Å². The van der Waals surface area contributed by atoms with Crippen molar-refractivity contribution < 1.29 is 18.9 Å². The van der Waals surface area contributed by atoms with Gasteiger partial charge in [-0.05, 0) is 98.9 Å². The Kier molecular flexibility index (Phi) is 6.90. The first-order valence-electron chi connectivity index (χ1n) is 19.9. The second-order valence-electron chi connectivity index (χ2n) is 15.8. The standard InChI is InChI=1S/C52H39NO4/c1-54-37-20-22-39-42(30-37)50-41(24-25-51(57-50,34-10-4-3-5-11-34)35-16-18-36(19-17-35)53-26-28-56-29-27-53)49-48(39)40-23-21-38(55-2)31-45(40)52(49)43-12-6-8-32-14-15-33-9-7-13-44(52)47(33)46(32)43/h3-6,8-12,14-25,30-31,33,47H,26-29H2,1-2H3. The van der Waals surface area contributed by atoms with Crippen LogP contribution in [0.3, 0.4) is 0 Å². The second-order valence-corrected chi connectivity index (χ2v) is 15.8. The molecule has 4 unspecified atom stereocenters. The SMILES string of the molecule is COc1ccc2c(c1)C1(C3=C=C=CC4C=Cc5cccc1c5C34)c1c3c(c4cc(OC)ccc4c1-2)OC(c1ccccc1)(c1ccc(N2CCOCC2)cc1)C=C3. The van der Waals surface area contributed by atoms with Crippen LogP contribution in [0.4, 0.5) is 5.69 Å². The van der Waals surface area contributed by atoms with E-state index >= 15 is 0 Å². The molecule has 4 aliphatic carbocycles. The number of rotatable bonds is 5. The third-order valence-corrected chi connectivity index (χ3v) is 13.3. The van der Waals surface area contributed by atoms with Gasteiger partial charge in [0.1, 0.15) is 17.2 Å². The Labute approximate surface area is 332 Å². The molecule has 0 radical (unpaired) electrons. The fraction of sp³-hybridized carbons (Fsp3) is 0.192. The van der Waals surface area contributed by atoms with Crippen LogP contribution in [0.15, 0.2) is 144 Å². The molecule has 276 valence electrons. The van der Waals surface area contributed by atoms with Crippen molar-refractivity contribution in [3.63, 3.8) is 0 Å². The first-order valence-corrected chi connectivity index (χ1v) is 19.9. The Morgan fingerprint density at radius 2 is 1.54 bits per heavy atom. The van der Waals surface area contributed by atoms with Crippen molar-refractivity contribution in [1.29, 1.82) is 0 Å². The third-order valence-electron chi connectivity index (χ3n) is 13.3. The van der Waals surface area contributed by atoms with Crippen molar-refractivity contribution >= 4 is 28.6 Å². The van der Waals surface area contributed by atoms with E-state index in [-0.39, 0.29) is 11.8 Å². The molecule has 0 amide bonds. The average molecular weight is 742 g/mol. The molecule has 12 rings (SSSR count). The van der Waals surface area contributed by atoms with Gasteiger partial charge in [-0.1, -0.05) is 96.4 Å². The zero-order valence-electron chi connectivity index (χ0n) is 31.8. The van der Waals surface area contributed by atoms with Gasteiger partial charge in [-0.25, -0.2) is 0 Å². The quantitative estimate of drug-likeness (QED) is 0.165. The number of methoxy groups -OCH3 is 2. The lowest BCUT2D eigenvalue weighted by molar-refractivity contribution is 0.122. The summed E-state index contributed by atoms with van der Waals surface area (Å²) in [5, 5.41) is 2.13. The van der Waals surface area contributed by atoms with E-state index in [9.17, 15) is 0 Å². The number of morpholine rings is 1. The molecule has 1 saturated heterocycles. The molecule has 2 heterocycles. The number of nitrogens with zero attached hydrogens (tertiary/aromatic N) is 1. The number of ether oxygens (including phenoxy) is 4. The molecule has 0 bridgehead atoms. The minimum absolute atomic E-state index is 0.150. The van der Waals surface area contributed by atoms with Crippen LogP contribution in [0.5, 0.6) is 17.2 Å². The Morgan fingerprint density at radius 1 is 0.754 bits per heavy atom. The predicted octanol–water partition coefficient (Wildman–Crippen LogP) is 10.3.